The number of phenols is 1. The molecule has 1 atom stereocenters. The number of rotatable bonds is 8. The fourth-order valence-corrected chi connectivity index (χ4v) is 1.81. The molecule has 0 aliphatic carbocycles. The van der Waals surface area contributed by atoms with E-state index in [-0.39, 0.29) is 12.6 Å². The van der Waals surface area contributed by atoms with E-state index in [1.54, 1.807) is 6.07 Å². The lowest BCUT2D eigenvalue weighted by atomic mass is 10.1. The molecule has 1 aromatic carbocycles. The van der Waals surface area contributed by atoms with Gasteiger partial charge in [0.05, 0.1) is 6.61 Å². The van der Waals surface area contributed by atoms with Crippen molar-refractivity contribution >= 4 is 0 Å². The number of nitrogens with one attached hydrogen (secondary N) is 1. The van der Waals surface area contributed by atoms with Crippen molar-refractivity contribution in [2.45, 2.75) is 45.2 Å². The van der Waals surface area contributed by atoms with E-state index in [0.29, 0.717) is 12.3 Å². The smallest absolute Gasteiger partial charge is 0.120 e. The van der Waals surface area contributed by atoms with E-state index in [4.69, 9.17) is 0 Å². The molecule has 17 heavy (non-hydrogen) atoms. The summed E-state index contributed by atoms with van der Waals surface area (Å²) in [5.74, 6) is 0.310. The van der Waals surface area contributed by atoms with Gasteiger partial charge in [0.25, 0.3) is 0 Å². The Hall–Kier alpha value is -1.06. The molecular formula is C14H23NO2. The number of aliphatic hydroxyl groups excluding tert-OH is 1. The van der Waals surface area contributed by atoms with Crippen molar-refractivity contribution in [2.24, 2.45) is 0 Å². The largest absolute Gasteiger partial charge is 0.508 e. The zero-order chi connectivity index (χ0) is 12.5. The van der Waals surface area contributed by atoms with Crippen LogP contribution in [0, 0.1) is 0 Å². The van der Waals surface area contributed by atoms with Gasteiger partial charge >= 0.3 is 0 Å². The summed E-state index contributed by atoms with van der Waals surface area (Å²) in [5, 5.41) is 22.1. The molecule has 0 radical (unpaired) electrons. The number of hydrogen-bond donors (Lipinski definition) is 3. The molecule has 0 aliphatic heterocycles. The highest BCUT2D eigenvalue weighted by atomic mass is 16.3. The highest BCUT2D eigenvalue weighted by molar-refractivity contribution is 5.31. The summed E-state index contributed by atoms with van der Waals surface area (Å²) >= 11 is 0. The summed E-state index contributed by atoms with van der Waals surface area (Å²) in [7, 11) is 0. The van der Waals surface area contributed by atoms with Gasteiger partial charge in [-0.3, -0.25) is 0 Å². The Labute approximate surface area is 103 Å². The van der Waals surface area contributed by atoms with Crippen LogP contribution in [0.5, 0.6) is 5.75 Å². The lowest BCUT2D eigenvalue weighted by Gasteiger charge is -2.16. The van der Waals surface area contributed by atoms with Gasteiger partial charge in [0.2, 0.25) is 0 Å². The number of hydrogen-bond acceptors (Lipinski definition) is 3. The fraction of sp³-hybridized carbons (Fsp3) is 0.571. The standard InChI is InChI=1S/C14H23NO2/c1-2-3-4-8-13(11-16)15-10-12-7-5-6-9-14(12)17/h5-7,9,13,15-17H,2-4,8,10-11H2,1H3/t13-/m0/s1. The Bertz CT molecular complexity index is 315. The maximum Gasteiger partial charge on any atom is 0.120 e. The van der Waals surface area contributed by atoms with Gasteiger partial charge in [0.15, 0.2) is 0 Å². The molecule has 0 amide bonds. The zero-order valence-electron chi connectivity index (χ0n) is 10.5. The molecule has 0 bridgehead atoms. The van der Waals surface area contributed by atoms with Crippen LogP contribution in [0.4, 0.5) is 0 Å². The Morgan fingerprint density at radius 3 is 2.65 bits per heavy atom. The minimum absolute atomic E-state index is 0.126. The third-order valence-corrected chi connectivity index (χ3v) is 2.95. The van der Waals surface area contributed by atoms with Gasteiger partial charge in [-0.05, 0) is 12.5 Å². The highest BCUT2D eigenvalue weighted by Crippen LogP contribution is 2.15. The number of benzene rings is 1. The third-order valence-electron chi connectivity index (χ3n) is 2.95. The molecule has 0 fully saturated rings. The van der Waals surface area contributed by atoms with Gasteiger partial charge in [-0.2, -0.15) is 0 Å². The van der Waals surface area contributed by atoms with Crippen LogP contribution in [0.3, 0.4) is 0 Å². The summed E-state index contributed by atoms with van der Waals surface area (Å²) in [6.07, 6.45) is 4.51. The van der Waals surface area contributed by atoms with Gasteiger partial charge in [0, 0.05) is 18.2 Å². The normalized spacial score (nSPS) is 12.6. The molecule has 0 aliphatic rings. The number of unbranched alkanes of at least 4 members (excludes halogenated alkanes) is 2. The minimum Gasteiger partial charge on any atom is -0.508 e. The van der Waals surface area contributed by atoms with Crippen LogP contribution in [-0.2, 0) is 6.54 Å². The SMILES string of the molecule is CCCCC[C@@H](CO)NCc1ccccc1O. The van der Waals surface area contributed by atoms with Crippen molar-refractivity contribution in [3.05, 3.63) is 29.8 Å². The van der Waals surface area contributed by atoms with Crippen molar-refractivity contribution in [1.29, 1.82) is 0 Å². The maximum absolute atomic E-state index is 9.61. The average Bonchev–Trinajstić information content (AvgIpc) is 2.35. The Morgan fingerprint density at radius 1 is 1.24 bits per heavy atom. The Balaban J connectivity index is 2.34. The van der Waals surface area contributed by atoms with Crippen molar-refractivity contribution in [3.63, 3.8) is 0 Å². The number of aliphatic hydroxyl groups is 1. The van der Waals surface area contributed by atoms with Gasteiger partial charge in [-0.1, -0.05) is 44.4 Å². The maximum atomic E-state index is 9.61. The molecule has 1 rings (SSSR count). The van der Waals surface area contributed by atoms with Crippen LogP contribution in [0.2, 0.25) is 0 Å². The summed E-state index contributed by atoms with van der Waals surface area (Å²) in [5.41, 5.74) is 0.876. The number of para-hydroxylation sites is 1. The molecule has 0 heterocycles. The van der Waals surface area contributed by atoms with E-state index in [0.717, 1.165) is 18.4 Å². The van der Waals surface area contributed by atoms with Crippen molar-refractivity contribution in [1.82, 2.24) is 5.32 Å². The van der Waals surface area contributed by atoms with Crippen molar-refractivity contribution in [2.75, 3.05) is 6.61 Å². The van der Waals surface area contributed by atoms with E-state index < -0.39 is 0 Å². The molecule has 3 heteroatoms. The Kier molecular flexibility index (Phi) is 6.67. The van der Waals surface area contributed by atoms with Crippen LogP contribution in [-0.4, -0.2) is 22.9 Å². The lowest BCUT2D eigenvalue weighted by Crippen LogP contribution is -2.31. The first kappa shape index (κ1) is 14.0. The lowest BCUT2D eigenvalue weighted by molar-refractivity contribution is 0.231. The average molecular weight is 237 g/mol. The fourth-order valence-electron chi connectivity index (χ4n) is 1.81. The second-order valence-electron chi connectivity index (χ2n) is 4.38. The van der Waals surface area contributed by atoms with Crippen LogP contribution < -0.4 is 5.32 Å². The van der Waals surface area contributed by atoms with Gasteiger partial charge < -0.3 is 15.5 Å². The number of phenolic OH excluding ortho intramolecular Hbond substituents is 1. The molecule has 96 valence electrons. The third kappa shape index (κ3) is 5.20. The molecule has 1 aromatic rings. The predicted molar refractivity (Wildman–Crippen MR) is 70.0 cm³/mol. The summed E-state index contributed by atoms with van der Waals surface area (Å²) in [4.78, 5) is 0. The summed E-state index contributed by atoms with van der Waals surface area (Å²) in [6, 6.07) is 7.41. The van der Waals surface area contributed by atoms with Crippen molar-refractivity contribution < 1.29 is 10.2 Å². The van der Waals surface area contributed by atoms with E-state index in [9.17, 15) is 10.2 Å². The molecule has 3 N–H and O–H groups in total. The second-order valence-corrected chi connectivity index (χ2v) is 4.38. The second kappa shape index (κ2) is 8.09. The van der Waals surface area contributed by atoms with Crippen LogP contribution in [0.25, 0.3) is 0 Å². The molecule has 0 saturated heterocycles. The van der Waals surface area contributed by atoms with E-state index in [1.165, 1.54) is 12.8 Å². The Morgan fingerprint density at radius 2 is 2.00 bits per heavy atom. The quantitative estimate of drug-likeness (QED) is 0.609. The monoisotopic (exact) mass is 237 g/mol. The molecule has 0 spiro atoms. The van der Waals surface area contributed by atoms with Crippen LogP contribution >= 0.6 is 0 Å². The predicted octanol–water partition coefficient (Wildman–Crippen LogP) is 2.42. The van der Waals surface area contributed by atoms with Gasteiger partial charge in [-0.15, -0.1) is 0 Å². The van der Waals surface area contributed by atoms with E-state index >= 15 is 0 Å². The first-order valence-electron chi connectivity index (χ1n) is 6.39. The van der Waals surface area contributed by atoms with E-state index in [1.807, 2.05) is 18.2 Å². The molecule has 3 nitrogen and oxygen atoms in total. The highest BCUT2D eigenvalue weighted by Gasteiger charge is 2.07. The van der Waals surface area contributed by atoms with Gasteiger partial charge in [-0.25, -0.2) is 0 Å². The zero-order valence-corrected chi connectivity index (χ0v) is 10.5. The first-order chi connectivity index (χ1) is 8.27. The molecule has 0 unspecified atom stereocenters. The van der Waals surface area contributed by atoms with Crippen LogP contribution in [0.1, 0.15) is 38.2 Å². The van der Waals surface area contributed by atoms with E-state index in [2.05, 4.69) is 12.2 Å². The topological polar surface area (TPSA) is 52.5 Å². The summed E-state index contributed by atoms with van der Waals surface area (Å²) in [6.45, 7) is 2.92. The first-order valence-corrected chi connectivity index (χ1v) is 6.39. The minimum atomic E-state index is 0.126. The number of aromatic hydroxyl groups is 1. The molecule has 0 aromatic heterocycles. The van der Waals surface area contributed by atoms with Gasteiger partial charge in [0.1, 0.15) is 5.75 Å². The summed E-state index contributed by atoms with van der Waals surface area (Å²) < 4.78 is 0. The molecular weight excluding hydrogens is 214 g/mol. The van der Waals surface area contributed by atoms with Crippen molar-refractivity contribution in [3.8, 4) is 5.75 Å². The van der Waals surface area contributed by atoms with Crippen LogP contribution in [0.15, 0.2) is 24.3 Å². The molecule has 0 saturated carbocycles.